The number of rotatable bonds is 5. The second kappa shape index (κ2) is 7.75. The van der Waals surface area contributed by atoms with Gasteiger partial charge >= 0.3 is 0 Å². The van der Waals surface area contributed by atoms with E-state index in [1.165, 1.54) is 22.5 Å². The van der Waals surface area contributed by atoms with Gasteiger partial charge in [-0.1, -0.05) is 19.1 Å². The molecule has 0 atom stereocenters. The van der Waals surface area contributed by atoms with E-state index >= 15 is 0 Å². The Morgan fingerprint density at radius 2 is 1.92 bits per heavy atom. The highest BCUT2D eigenvalue weighted by Crippen LogP contribution is 2.22. The molecule has 0 unspecified atom stereocenters. The van der Waals surface area contributed by atoms with Crippen molar-refractivity contribution in [3.8, 4) is 0 Å². The molecule has 1 heterocycles. The minimum atomic E-state index is -3.82. The fourth-order valence-corrected chi connectivity index (χ4v) is 4.14. The van der Waals surface area contributed by atoms with Gasteiger partial charge in [-0.3, -0.25) is 14.9 Å². The molecular weight excluding hydrogens is 346 g/mol. The number of hydrogen-bond acceptors (Lipinski definition) is 5. The number of carbonyl (C=O) groups is 1. The molecule has 2 rings (SSSR count). The molecule has 1 aromatic rings. The SMILES string of the molecule is CC/C=C(/C)C(=O)N1CCN(S(=O)(=O)c2cccc([N+](=O)[O-])c2)CC1. The van der Waals surface area contributed by atoms with E-state index < -0.39 is 14.9 Å². The highest BCUT2D eigenvalue weighted by atomic mass is 32.2. The maximum Gasteiger partial charge on any atom is 0.270 e. The molecule has 1 aliphatic heterocycles. The second-order valence-electron chi connectivity index (χ2n) is 5.75. The van der Waals surface area contributed by atoms with E-state index in [9.17, 15) is 23.3 Å². The summed E-state index contributed by atoms with van der Waals surface area (Å²) in [6.45, 7) is 4.61. The third kappa shape index (κ3) is 4.23. The van der Waals surface area contributed by atoms with Crippen LogP contribution in [0.2, 0.25) is 0 Å². The minimum Gasteiger partial charge on any atom is -0.336 e. The van der Waals surface area contributed by atoms with Crippen molar-refractivity contribution in [2.75, 3.05) is 26.2 Å². The topological polar surface area (TPSA) is 101 Å². The predicted molar refractivity (Wildman–Crippen MR) is 92.5 cm³/mol. The van der Waals surface area contributed by atoms with Gasteiger partial charge in [-0.25, -0.2) is 8.42 Å². The van der Waals surface area contributed by atoms with Gasteiger partial charge in [0.15, 0.2) is 0 Å². The van der Waals surface area contributed by atoms with E-state index in [0.29, 0.717) is 18.7 Å². The number of nitro groups is 1. The second-order valence-corrected chi connectivity index (χ2v) is 7.68. The molecule has 25 heavy (non-hydrogen) atoms. The maximum absolute atomic E-state index is 12.7. The van der Waals surface area contributed by atoms with Gasteiger partial charge in [0, 0.05) is 43.9 Å². The van der Waals surface area contributed by atoms with Crippen molar-refractivity contribution in [3.63, 3.8) is 0 Å². The molecule has 0 bridgehead atoms. The zero-order valence-electron chi connectivity index (χ0n) is 14.2. The molecule has 1 fully saturated rings. The van der Waals surface area contributed by atoms with Gasteiger partial charge in [0.2, 0.25) is 15.9 Å². The lowest BCUT2D eigenvalue weighted by atomic mass is 10.2. The highest BCUT2D eigenvalue weighted by molar-refractivity contribution is 7.89. The Kier molecular flexibility index (Phi) is 5.91. The van der Waals surface area contributed by atoms with E-state index in [-0.39, 0.29) is 29.6 Å². The predicted octanol–water partition coefficient (Wildman–Crippen LogP) is 1.78. The molecule has 9 heteroatoms. The van der Waals surface area contributed by atoms with Crippen LogP contribution in [0, 0.1) is 10.1 Å². The Bertz CT molecular complexity index is 796. The molecule has 0 aromatic heterocycles. The molecule has 1 amide bonds. The standard InChI is InChI=1S/C16H21N3O5S/c1-3-5-13(2)16(20)17-8-10-18(11-9-17)25(23,24)15-7-4-6-14(12-15)19(21)22/h4-7,12H,3,8-11H2,1-2H3/b13-5-. The lowest BCUT2D eigenvalue weighted by Crippen LogP contribution is -2.50. The first kappa shape index (κ1) is 19.1. The van der Waals surface area contributed by atoms with Crippen molar-refractivity contribution in [1.82, 2.24) is 9.21 Å². The number of allylic oxidation sites excluding steroid dienone is 1. The van der Waals surface area contributed by atoms with Gasteiger partial charge in [-0.05, 0) is 19.4 Å². The van der Waals surface area contributed by atoms with Gasteiger partial charge in [-0.15, -0.1) is 0 Å². The number of non-ortho nitro benzene ring substituents is 1. The van der Waals surface area contributed by atoms with Crippen LogP contribution in [-0.4, -0.2) is 54.6 Å². The molecule has 0 N–H and O–H groups in total. The normalized spacial score (nSPS) is 16.7. The first-order valence-corrected chi connectivity index (χ1v) is 9.42. The van der Waals surface area contributed by atoms with Gasteiger partial charge < -0.3 is 4.90 Å². The Morgan fingerprint density at radius 3 is 2.48 bits per heavy atom. The third-order valence-electron chi connectivity index (χ3n) is 4.04. The Hall–Kier alpha value is -2.26. The lowest BCUT2D eigenvalue weighted by molar-refractivity contribution is -0.385. The van der Waals surface area contributed by atoms with E-state index in [1.807, 2.05) is 13.0 Å². The Morgan fingerprint density at radius 1 is 1.28 bits per heavy atom. The molecule has 0 aliphatic carbocycles. The Labute approximate surface area is 146 Å². The zero-order chi connectivity index (χ0) is 18.6. The minimum absolute atomic E-state index is 0.0887. The first-order valence-electron chi connectivity index (χ1n) is 7.98. The van der Waals surface area contributed by atoms with Gasteiger partial charge in [0.25, 0.3) is 5.69 Å². The lowest BCUT2D eigenvalue weighted by Gasteiger charge is -2.34. The molecular formula is C16H21N3O5S. The molecule has 0 saturated carbocycles. The number of nitrogens with zero attached hydrogens (tertiary/aromatic N) is 3. The van der Waals surface area contributed by atoms with Crippen LogP contribution in [0.15, 0.2) is 40.8 Å². The summed E-state index contributed by atoms with van der Waals surface area (Å²) in [7, 11) is -3.82. The number of hydrogen-bond donors (Lipinski definition) is 0. The van der Waals surface area contributed by atoms with Crippen molar-refractivity contribution in [3.05, 3.63) is 46.0 Å². The molecule has 0 radical (unpaired) electrons. The maximum atomic E-state index is 12.7. The largest absolute Gasteiger partial charge is 0.336 e. The molecule has 0 spiro atoms. The van der Waals surface area contributed by atoms with Crippen LogP contribution in [0.4, 0.5) is 5.69 Å². The van der Waals surface area contributed by atoms with Crippen LogP contribution < -0.4 is 0 Å². The number of amides is 1. The van der Waals surface area contributed by atoms with Crippen LogP contribution in [0.5, 0.6) is 0 Å². The van der Waals surface area contributed by atoms with E-state index in [0.717, 1.165) is 12.5 Å². The fraction of sp³-hybridized carbons (Fsp3) is 0.438. The first-order chi connectivity index (χ1) is 11.8. The summed E-state index contributed by atoms with van der Waals surface area (Å²) in [6.07, 6.45) is 2.60. The molecule has 1 aromatic carbocycles. The smallest absolute Gasteiger partial charge is 0.270 e. The molecule has 136 valence electrons. The summed E-state index contributed by atoms with van der Waals surface area (Å²) >= 11 is 0. The number of sulfonamides is 1. The van der Waals surface area contributed by atoms with Crippen LogP contribution in [0.1, 0.15) is 20.3 Å². The van der Waals surface area contributed by atoms with Gasteiger partial charge in [0.05, 0.1) is 9.82 Å². The summed E-state index contributed by atoms with van der Waals surface area (Å²) in [5, 5.41) is 10.8. The quantitative estimate of drug-likeness (QED) is 0.449. The van der Waals surface area contributed by atoms with Crippen molar-refractivity contribution in [2.45, 2.75) is 25.2 Å². The fourth-order valence-electron chi connectivity index (χ4n) is 2.68. The van der Waals surface area contributed by atoms with E-state index in [2.05, 4.69) is 0 Å². The Balaban J connectivity index is 2.12. The van der Waals surface area contributed by atoms with Crippen molar-refractivity contribution in [1.29, 1.82) is 0 Å². The number of piperazine rings is 1. The van der Waals surface area contributed by atoms with Gasteiger partial charge in [0.1, 0.15) is 0 Å². The summed E-state index contributed by atoms with van der Waals surface area (Å²) in [5.41, 5.74) is 0.382. The number of carbonyl (C=O) groups excluding carboxylic acids is 1. The highest BCUT2D eigenvalue weighted by Gasteiger charge is 2.31. The third-order valence-corrected chi connectivity index (χ3v) is 5.93. The van der Waals surface area contributed by atoms with E-state index in [1.54, 1.807) is 11.8 Å². The van der Waals surface area contributed by atoms with Crippen molar-refractivity contribution < 1.29 is 18.1 Å². The molecule has 8 nitrogen and oxygen atoms in total. The summed E-state index contributed by atoms with van der Waals surface area (Å²) in [5.74, 6) is -0.0887. The van der Waals surface area contributed by atoms with Crippen LogP contribution >= 0.6 is 0 Å². The number of benzene rings is 1. The van der Waals surface area contributed by atoms with Crippen molar-refractivity contribution in [2.24, 2.45) is 0 Å². The molecule has 1 saturated heterocycles. The average Bonchev–Trinajstić information content (AvgIpc) is 2.61. The van der Waals surface area contributed by atoms with Gasteiger partial charge in [-0.2, -0.15) is 4.31 Å². The monoisotopic (exact) mass is 367 g/mol. The average molecular weight is 367 g/mol. The summed E-state index contributed by atoms with van der Waals surface area (Å²) < 4.78 is 26.6. The van der Waals surface area contributed by atoms with Crippen LogP contribution in [0.25, 0.3) is 0 Å². The number of nitro benzene ring substituents is 1. The summed E-state index contributed by atoms with van der Waals surface area (Å²) in [6, 6.07) is 5.00. The van der Waals surface area contributed by atoms with Crippen LogP contribution in [0.3, 0.4) is 0 Å². The van der Waals surface area contributed by atoms with Crippen molar-refractivity contribution >= 4 is 21.6 Å². The van der Waals surface area contributed by atoms with E-state index in [4.69, 9.17) is 0 Å². The van der Waals surface area contributed by atoms with Crippen LogP contribution in [-0.2, 0) is 14.8 Å². The molecule has 1 aliphatic rings. The summed E-state index contributed by atoms with van der Waals surface area (Å²) in [4.78, 5) is 24.0. The zero-order valence-corrected chi connectivity index (χ0v) is 15.0.